The molecule has 2 aromatic carbocycles. The Morgan fingerprint density at radius 2 is 1.41 bits per heavy atom. The van der Waals surface area contributed by atoms with Crippen molar-refractivity contribution in [3.63, 3.8) is 0 Å². The van der Waals surface area contributed by atoms with E-state index in [4.69, 9.17) is 9.73 Å². The molecular weight excluding hydrogens is 338 g/mol. The van der Waals surface area contributed by atoms with Crippen molar-refractivity contribution < 1.29 is 14.3 Å². The molecule has 0 aliphatic carbocycles. The summed E-state index contributed by atoms with van der Waals surface area (Å²) in [7, 11) is 0. The van der Waals surface area contributed by atoms with E-state index in [1.165, 1.54) is 6.92 Å². The van der Waals surface area contributed by atoms with Crippen LogP contribution in [0.25, 0.3) is 0 Å². The van der Waals surface area contributed by atoms with Crippen LogP contribution in [-0.2, 0) is 14.3 Å². The molecule has 1 unspecified atom stereocenters. The maximum Gasteiger partial charge on any atom is 0.331 e. The molecule has 0 aromatic heterocycles. The van der Waals surface area contributed by atoms with Crippen LogP contribution in [0.5, 0.6) is 0 Å². The lowest BCUT2D eigenvalue weighted by molar-refractivity contribution is -0.156. The van der Waals surface area contributed by atoms with Gasteiger partial charge in [0.1, 0.15) is 17.4 Å². The van der Waals surface area contributed by atoms with Crippen molar-refractivity contribution >= 4 is 17.5 Å². The van der Waals surface area contributed by atoms with Crippen molar-refractivity contribution in [3.05, 3.63) is 71.8 Å². The van der Waals surface area contributed by atoms with Crippen molar-refractivity contribution in [2.75, 3.05) is 0 Å². The number of carbonyl (C=O) groups excluding carboxylic acids is 2. The van der Waals surface area contributed by atoms with Gasteiger partial charge < -0.3 is 9.53 Å². The summed E-state index contributed by atoms with van der Waals surface area (Å²) in [5.74, 6) is -0.382. The second kappa shape index (κ2) is 9.26. The topological polar surface area (TPSA) is 55.7 Å². The minimum absolute atomic E-state index is 0.0275. The Balaban J connectivity index is 2.46. The van der Waals surface area contributed by atoms with Gasteiger partial charge in [0.15, 0.2) is 0 Å². The van der Waals surface area contributed by atoms with Gasteiger partial charge in [0.25, 0.3) is 0 Å². The molecular formula is C23H27NO3. The highest BCUT2D eigenvalue weighted by Gasteiger charge is 2.26. The molecule has 2 rings (SSSR count). The molecule has 0 N–H and O–H groups in total. The van der Waals surface area contributed by atoms with Gasteiger partial charge in [-0.3, -0.25) is 4.99 Å². The van der Waals surface area contributed by atoms with Gasteiger partial charge in [0.05, 0.1) is 5.71 Å². The van der Waals surface area contributed by atoms with E-state index in [-0.39, 0.29) is 12.2 Å². The van der Waals surface area contributed by atoms with E-state index in [9.17, 15) is 9.59 Å². The number of hydrogen-bond donors (Lipinski definition) is 0. The van der Waals surface area contributed by atoms with Crippen LogP contribution in [0.15, 0.2) is 65.7 Å². The third-order valence-electron chi connectivity index (χ3n) is 3.83. The number of rotatable bonds is 7. The van der Waals surface area contributed by atoms with Crippen molar-refractivity contribution in [1.29, 1.82) is 0 Å². The van der Waals surface area contributed by atoms with E-state index < -0.39 is 17.6 Å². The summed E-state index contributed by atoms with van der Waals surface area (Å²) in [6.07, 6.45) is 0.609. The number of benzene rings is 2. The Morgan fingerprint density at radius 1 is 0.926 bits per heavy atom. The molecule has 0 saturated heterocycles. The van der Waals surface area contributed by atoms with Gasteiger partial charge in [0.2, 0.25) is 0 Å². The summed E-state index contributed by atoms with van der Waals surface area (Å²) in [4.78, 5) is 29.0. The SMILES string of the molecule is CC(=O)CCC(N=C(c1ccccc1)c1ccccc1)C(=O)OC(C)(C)C. The number of nitrogens with zero attached hydrogens (tertiary/aromatic N) is 1. The van der Waals surface area contributed by atoms with Crippen molar-refractivity contribution in [2.24, 2.45) is 4.99 Å². The van der Waals surface area contributed by atoms with Crippen molar-refractivity contribution in [1.82, 2.24) is 0 Å². The van der Waals surface area contributed by atoms with E-state index in [0.717, 1.165) is 16.8 Å². The molecule has 0 spiro atoms. The smallest absolute Gasteiger partial charge is 0.331 e. The van der Waals surface area contributed by atoms with Gasteiger partial charge >= 0.3 is 5.97 Å². The number of ether oxygens (including phenoxy) is 1. The first-order valence-electron chi connectivity index (χ1n) is 9.17. The van der Waals surface area contributed by atoms with Crippen LogP contribution in [0, 0.1) is 0 Å². The number of aliphatic imine (C=N–C) groups is 1. The fourth-order valence-corrected chi connectivity index (χ4v) is 2.61. The summed E-state index contributed by atoms with van der Waals surface area (Å²) in [6, 6.07) is 18.7. The van der Waals surface area contributed by atoms with Crippen LogP contribution in [0.2, 0.25) is 0 Å². The van der Waals surface area contributed by atoms with E-state index >= 15 is 0 Å². The Kier molecular flexibility index (Phi) is 7.05. The first kappa shape index (κ1) is 20.6. The highest BCUT2D eigenvalue weighted by Crippen LogP contribution is 2.17. The van der Waals surface area contributed by atoms with Gasteiger partial charge in [-0.15, -0.1) is 0 Å². The second-order valence-corrected chi connectivity index (χ2v) is 7.50. The quantitative estimate of drug-likeness (QED) is 0.532. The molecule has 0 fully saturated rings. The molecule has 4 heteroatoms. The van der Waals surface area contributed by atoms with Gasteiger partial charge in [-0.2, -0.15) is 0 Å². The van der Waals surface area contributed by atoms with Crippen LogP contribution in [0.1, 0.15) is 51.7 Å². The Labute approximate surface area is 161 Å². The Morgan fingerprint density at radius 3 is 1.81 bits per heavy atom. The fourth-order valence-electron chi connectivity index (χ4n) is 2.61. The summed E-state index contributed by atoms with van der Waals surface area (Å²) in [5.41, 5.74) is 1.94. The molecule has 0 heterocycles. The number of ketones is 1. The fraction of sp³-hybridized carbons (Fsp3) is 0.348. The van der Waals surface area contributed by atoms with Gasteiger partial charge in [-0.25, -0.2) is 4.79 Å². The van der Waals surface area contributed by atoms with Crippen LogP contribution >= 0.6 is 0 Å². The maximum atomic E-state index is 12.7. The highest BCUT2D eigenvalue weighted by molar-refractivity contribution is 6.13. The van der Waals surface area contributed by atoms with Gasteiger partial charge in [-0.05, 0) is 34.1 Å². The van der Waals surface area contributed by atoms with E-state index in [1.54, 1.807) is 0 Å². The third-order valence-corrected chi connectivity index (χ3v) is 3.83. The zero-order chi connectivity index (χ0) is 19.9. The first-order chi connectivity index (χ1) is 12.8. The normalized spacial score (nSPS) is 12.1. The number of hydrogen-bond acceptors (Lipinski definition) is 4. The molecule has 0 bridgehead atoms. The zero-order valence-electron chi connectivity index (χ0n) is 16.4. The largest absolute Gasteiger partial charge is 0.458 e. The number of carbonyl (C=O) groups is 2. The predicted molar refractivity (Wildman–Crippen MR) is 108 cm³/mol. The minimum atomic E-state index is -0.733. The van der Waals surface area contributed by atoms with E-state index in [0.29, 0.717) is 6.42 Å². The summed E-state index contributed by atoms with van der Waals surface area (Å²) < 4.78 is 5.55. The van der Waals surface area contributed by atoms with Crippen molar-refractivity contribution in [3.8, 4) is 0 Å². The monoisotopic (exact) mass is 365 g/mol. The Hall–Kier alpha value is -2.75. The minimum Gasteiger partial charge on any atom is -0.458 e. The van der Waals surface area contributed by atoms with E-state index in [1.807, 2.05) is 81.4 Å². The van der Waals surface area contributed by atoms with Gasteiger partial charge in [0, 0.05) is 17.5 Å². The average molecular weight is 365 g/mol. The lowest BCUT2D eigenvalue weighted by Crippen LogP contribution is -2.32. The molecule has 142 valence electrons. The zero-order valence-corrected chi connectivity index (χ0v) is 16.4. The molecule has 0 radical (unpaired) electrons. The summed E-state index contributed by atoms with van der Waals surface area (Å²) in [6.45, 7) is 7.00. The molecule has 0 aliphatic heterocycles. The standard InChI is InChI=1S/C23H27NO3/c1-17(25)15-16-20(22(26)27-23(2,3)4)24-21(18-11-7-5-8-12-18)19-13-9-6-10-14-19/h5-14,20H,15-16H2,1-4H3. The molecule has 0 saturated carbocycles. The maximum absolute atomic E-state index is 12.7. The lowest BCUT2D eigenvalue weighted by atomic mass is 10.0. The molecule has 0 amide bonds. The first-order valence-corrected chi connectivity index (χ1v) is 9.17. The predicted octanol–water partition coefficient (Wildman–Crippen LogP) is 4.60. The van der Waals surface area contributed by atoms with E-state index in [2.05, 4.69) is 0 Å². The van der Waals surface area contributed by atoms with Crippen molar-refractivity contribution in [2.45, 2.75) is 52.2 Å². The van der Waals surface area contributed by atoms with Crippen LogP contribution in [-0.4, -0.2) is 29.1 Å². The number of esters is 1. The Bertz CT molecular complexity index is 748. The molecule has 2 aromatic rings. The highest BCUT2D eigenvalue weighted by atomic mass is 16.6. The summed E-state index contributed by atoms with van der Waals surface area (Å²) in [5, 5.41) is 0. The number of Topliss-reactive ketones (excluding diaryl/α,β-unsaturated/α-hetero) is 1. The lowest BCUT2D eigenvalue weighted by Gasteiger charge is -2.23. The van der Waals surface area contributed by atoms with Crippen LogP contribution < -0.4 is 0 Å². The van der Waals surface area contributed by atoms with Gasteiger partial charge in [-0.1, -0.05) is 60.7 Å². The van der Waals surface area contributed by atoms with Crippen LogP contribution in [0.4, 0.5) is 0 Å². The second-order valence-electron chi connectivity index (χ2n) is 7.50. The van der Waals surface area contributed by atoms with Crippen LogP contribution in [0.3, 0.4) is 0 Å². The summed E-state index contributed by atoms with van der Waals surface area (Å²) >= 11 is 0. The molecule has 0 aliphatic rings. The third kappa shape index (κ3) is 6.81. The molecule has 27 heavy (non-hydrogen) atoms. The average Bonchev–Trinajstić information content (AvgIpc) is 2.61. The molecule has 1 atom stereocenters. The molecule has 4 nitrogen and oxygen atoms in total.